The molecule has 1 aromatic carbocycles. The number of aliphatic hydroxyl groups is 1. The van der Waals surface area contributed by atoms with Gasteiger partial charge < -0.3 is 14.7 Å². The van der Waals surface area contributed by atoms with Gasteiger partial charge in [0.2, 0.25) is 0 Å². The van der Waals surface area contributed by atoms with Crippen LogP contribution in [0.25, 0.3) is 0 Å². The van der Waals surface area contributed by atoms with Crippen LogP contribution < -0.4 is 4.74 Å². The predicted octanol–water partition coefficient (Wildman–Crippen LogP) is 2.01. The minimum atomic E-state index is -4.34. The Morgan fingerprint density at radius 2 is 1.78 bits per heavy atom. The van der Waals surface area contributed by atoms with Gasteiger partial charge in [0.1, 0.15) is 18.5 Å². The van der Waals surface area contributed by atoms with Crippen LogP contribution in [0.1, 0.15) is 5.56 Å². The lowest BCUT2D eigenvalue weighted by Gasteiger charge is -2.16. The van der Waals surface area contributed by atoms with Crippen molar-refractivity contribution in [2.45, 2.75) is 12.3 Å². The van der Waals surface area contributed by atoms with Gasteiger partial charge in [-0.15, -0.1) is 0 Å². The molecule has 0 aromatic heterocycles. The minimum absolute atomic E-state index is 0.0452. The average Bonchev–Trinajstić information content (AvgIpc) is 2.25. The van der Waals surface area contributed by atoms with Gasteiger partial charge in [-0.25, -0.2) is 0 Å². The van der Waals surface area contributed by atoms with Crippen LogP contribution in [-0.4, -0.2) is 43.4 Å². The van der Waals surface area contributed by atoms with Crippen molar-refractivity contribution >= 4 is 0 Å². The Labute approximate surface area is 104 Å². The summed E-state index contributed by atoms with van der Waals surface area (Å²) in [6.07, 6.45) is -5.02. The number of benzene rings is 1. The van der Waals surface area contributed by atoms with Gasteiger partial charge in [-0.3, -0.25) is 0 Å². The Morgan fingerprint density at radius 1 is 1.22 bits per heavy atom. The number of alkyl halides is 3. The van der Waals surface area contributed by atoms with E-state index < -0.39 is 17.8 Å². The lowest BCUT2D eigenvalue weighted by molar-refractivity contribution is -0.137. The van der Waals surface area contributed by atoms with E-state index in [2.05, 4.69) is 0 Å². The van der Waals surface area contributed by atoms with Crippen molar-refractivity contribution in [3.05, 3.63) is 29.8 Å². The van der Waals surface area contributed by atoms with Crippen molar-refractivity contribution < 1.29 is 23.0 Å². The maximum atomic E-state index is 12.3. The van der Waals surface area contributed by atoms with Crippen molar-refractivity contribution in [2.24, 2.45) is 0 Å². The molecule has 0 saturated heterocycles. The Hall–Kier alpha value is -1.27. The summed E-state index contributed by atoms with van der Waals surface area (Å²) in [5.41, 5.74) is -0.719. The largest absolute Gasteiger partial charge is 0.491 e. The molecule has 1 aromatic rings. The van der Waals surface area contributed by atoms with Crippen molar-refractivity contribution in [3.63, 3.8) is 0 Å². The first-order chi connectivity index (χ1) is 8.29. The molecule has 0 spiro atoms. The molecule has 0 aliphatic rings. The lowest BCUT2D eigenvalue weighted by atomic mass is 10.2. The number of nitrogens with zero attached hydrogens (tertiary/aromatic N) is 1. The van der Waals surface area contributed by atoms with Gasteiger partial charge in [0.25, 0.3) is 0 Å². The highest BCUT2D eigenvalue weighted by molar-refractivity contribution is 5.28. The molecule has 6 heteroatoms. The van der Waals surface area contributed by atoms with Crippen LogP contribution in [0.4, 0.5) is 13.2 Å². The van der Waals surface area contributed by atoms with Gasteiger partial charge in [-0.1, -0.05) is 0 Å². The average molecular weight is 263 g/mol. The lowest BCUT2D eigenvalue weighted by Crippen LogP contribution is -2.30. The van der Waals surface area contributed by atoms with Gasteiger partial charge in [0, 0.05) is 6.54 Å². The van der Waals surface area contributed by atoms with E-state index in [9.17, 15) is 18.3 Å². The molecule has 0 heterocycles. The minimum Gasteiger partial charge on any atom is -0.491 e. The number of rotatable bonds is 5. The van der Waals surface area contributed by atoms with E-state index in [-0.39, 0.29) is 6.61 Å². The van der Waals surface area contributed by atoms with Crippen molar-refractivity contribution in [1.82, 2.24) is 4.90 Å². The summed E-state index contributed by atoms with van der Waals surface area (Å²) >= 11 is 0. The number of halogens is 3. The fourth-order valence-corrected chi connectivity index (χ4v) is 1.41. The van der Waals surface area contributed by atoms with E-state index in [1.165, 1.54) is 12.1 Å². The molecule has 0 fully saturated rings. The third kappa shape index (κ3) is 4.93. The molecular weight excluding hydrogens is 247 g/mol. The first-order valence-corrected chi connectivity index (χ1v) is 5.42. The maximum absolute atomic E-state index is 12.3. The number of ether oxygens (including phenoxy) is 1. The van der Waals surface area contributed by atoms with Crippen LogP contribution in [-0.2, 0) is 6.18 Å². The highest BCUT2D eigenvalue weighted by Gasteiger charge is 2.30. The van der Waals surface area contributed by atoms with Crippen LogP contribution >= 0.6 is 0 Å². The quantitative estimate of drug-likeness (QED) is 0.882. The second-order valence-corrected chi connectivity index (χ2v) is 4.25. The van der Waals surface area contributed by atoms with Crippen LogP contribution in [0, 0.1) is 0 Å². The van der Waals surface area contributed by atoms with Gasteiger partial charge in [-0.2, -0.15) is 13.2 Å². The zero-order chi connectivity index (χ0) is 13.8. The van der Waals surface area contributed by atoms with Gasteiger partial charge in [0.05, 0.1) is 5.56 Å². The predicted molar refractivity (Wildman–Crippen MR) is 61.5 cm³/mol. The Kier molecular flexibility index (Phi) is 4.98. The number of hydrogen-bond acceptors (Lipinski definition) is 3. The van der Waals surface area contributed by atoms with Crippen LogP contribution in [0.5, 0.6) is 5.75 Å². The van der Waals surface area contributed by atoms with E-state index >= 15 is 0 Å². The van der Waals surface area contributed by atoms with Crippen molar-refractivity contribution in [2.75, 3.05) is 27.2 Å². The third-order valence-electron chi connectivity index (χ3n) is 2.20. The second kappa shape index (κ2) is 6.06. The Morgan fingerprint density at radius 3 is 2.22 bits per heavy atom. The standard InChI is InChI=1S/C12H16F3NO2/c1-16(2)7-10(17)8-18-11-5-3-9(4-6-11)12(13,14)15/h3-6,10,17H,7-8H2,1-2H3. The maximum Gasteiger partial charge on any atom is 0.416 e. The van der Waals surface area contributed by atoms with Crippen LogP contribution in [0.3, 0.4) is 0 Å². The van der Waals surface area contributed by atoms with Gasteiger partial charge in [-0.05, 0) is 38.4 Å². The van der Waals surface area contributed by atoms with E-state index in [0.29, 0.717) is 12.3 Å². The van der Waals surface area contributed by atoms with Crippen molar-refractivity contribution in [1.29, 1.82) is 0 Å². The third-order valence-corrected chi connectivity index (χ3v) is 2.20. The van der Waals surface area contributed by atoms with Crippen molar-refractivity contribution in [3.8, 4) is 5.75 Å². The first kappa shape index (κ1) is 14.8. The second-order valence-electron chi connectivity index (χ2n) is 4.25. The molecule has 1 N–H and O–H groups in total. The first-order valence-electron chi connectivity index (χ1n) is 5.42. The molecule has 3 nitrogen and oxygen atoms in total. The molecule has 102 valence electrons. The van der Waals surface area contributed by atoms with Gasteiger partial charge in [0.15, 0.2) is 0 Å². The van der Waals surface area contributed by atoms with E-state index in [0.717, 1.165) is 12.1 Å². The summed E-state index contributed by atoms with van der Waals surface area (Å²) in [6.45, 7) is 0.476. The summed E-state index contributed by atoms with van der Waals surface area (Å²) in [6, 6.07) is 4.39. The van der Waals surface area contributed by atoms with E-state index in [1.54, 1.807) is 19.0 Å². The van der Waals surface area contributed by atoms with E-state index in [1.807, 2.05) is 0 Å². The van der Waals surface area contributed by atoms with Crippen LogP contribution in [0.2, 0.25) is 0 Å². The van der Waals surface area contributed by atoms with Gasteiger partial charge >= 0.3 is 6.18 Å². The summed E-state index contributed by atoms with van der Waals surface area (Å²) in [7, 11) is 3.61. The summed E-state index contributed by atoms with van der Waals surface area (Å²) in [5, 5.41) is 9.52. The van der Waals surface area contributed by atoms with E-state index in [4.69, 9.17) is 4.74 Å². The van der Waals surface area contributed by atoms with Crippen LogP contribution in [0.15, 0.2) is 24.3 Å². The molecule has 0 aliphatic carbocycles. The molecule has 0 bridgehead atoms. The molecule has 1 rings (SSSR count). The normalized spacial score (nSPS) is 13.7. The monoisotopic (exact) mass is 263 g/mol. The zero-order valence-electron chi connectivity index (χ0n) is 10.2. The highest BCUT2D eigenvalue weighted by Crippen LogP contribution is 2.30. The molecule has 0 saturated carbocycles. The number of likely N-dealkylation sites (N-methyl/N-ethyl adjacent to an activating group) is 1. The molecule has 1 unspecified atom stereocenters. The summed E-state index contributed by atoms with van der Waals surface area (Å²) in [4.78, 5) is 1.79. The fraction of sp³-hybridized carbons (Fsp3) is 0.500. The summed E-state index contributed by atoms with van der Waals surface area (Å²) < 4.78 is 42.1. The number of hydrogen-bond donors (Lipinski definition) is 1. The highest BCUT2D eigenvalue weighted by atomic mass is 19.4. The molecule has 1 atom stereocenters. The fourth-order valence-electron chi connectivity index (χ4n) is 1.41. The Balaban J connectivity index is 2.49. The summed E-state index contributed by atoms with van der Waals surface area (Å²) in [5.74, 6) is 0.306. The molecule has 0 aliphatic heterocycles. The molecular formula is C12H16F3NO2. The number of aliphatic hydroxyl groups excluding tert-OH is 1. The molecule has 0 amide bonds. The topological polar surface area (TPSA) is 32.7 Å². The molecule has 0 radical (unpaired) electrons. The molecule has 18 heavy (non-hydrogen) atoms. The SMILES string of the molecule is CN(C)CC(O)COc1ccc(C(F)(F)F)cc1. The zero-order valence-corrected chi connectivity index (χ0v) is 10.2. The smallest absolute Gasteiger partial charge is 0.416 e. The Bertz CT molecular complexity index is 363.